The van der Waals surface area contributed by atoms with Crippen molar-refractivity contribution in [2.45, 2.75) is 19.4 Å². The fourth-order valence-corrected chi connectivity index (χ4v) is 1.56. The number of aliphatic hydroxyl groups excluding tert-OH is 1. The van der Waals surface area contributed by atoms with E-state index in [0.717, 1.165) is 5.52 Å². The zero-order valence-corrected chi connectivity index (χ0v) is 9.63. The normalized spacial score (nSPS) is 12.6. The van der Waals surface area contributed by atoms with Crippen molar-refractivity contribution in [2.75, 3.05) is 6.54 Å². The molecule has 0 saturated heterocycles. The van der Waals surface area contributed by atoms with Crippen LogP contribution in [0, 0.1) is 0 Å². The number of fused-ring (bicyclic) bond motifs is 1. The maximum Gasteiger partial charge on any atom is 0.251 e. The van der Waals surface area contributed by atoms with E-state index in [1.54, 1.807) is 37.8 Å². The van der Waals surface area contributed by atoms with Gasteiger partial charge in [0.15, 0.2) is 0 Å². The van der Waals surface area contributed by atoms with E-state index in [1.165, 1.54) is 0 Å². The van der Waals surface area contributed by atoms with Crippen molar-refractivity contribution in [3.63, 3.8) is 0 Å². The molecule has 5 heteroatoms. The number of carbonyl (C=O) groups excluding carboxylic acids is 1. The molecule has 1 atom stereocenters. The summed E-state index contributed by atoms with van der Waals surface area (Å²) in [5.74, 6) is -0.130. The first-order valence-electron chi connectivity index (χ1n) is 5.55. The standard InChI is InChI=1S/C12H15N3O2/c1-9(16)2-4-14-12(17)10-3-5-15-8-13-7-11(15)6-10/h3,5-9,16H,2,4H2,1H3,(H,14,17). The van der Waals surface area contributed by atoms with Gasteiger partial charge in [0.25, 0.3) is 5.91 Å². The van der Waals surface area contributed by atoms with Crippen LogP contribution in [0.25, 0.3) is 5.52 Å². The van der Waals surface area contributed by atoms with Crippen molar-refractivity contribution >= 4 is 11.4 Å². The van der Waals surface area contributed by atoms with E-state index in [9.17, 15) is 4.79 Å². The smallest absolute Gasteiger partial charge is 0.251 e. The number of nitrogens with zero attached hydrogens (tertiary/aromatic N) is 2. The minimum absolute atomic E-state index is 0.130. The van der Waals surface area contributed by atoms with Crippen molar-refractivity contribution in [2.24, 2.45) is 0 Å². The minimum atomic E-state index is -0.396. The van der Waals surface area contributed by atoms with Gasteiger partial charge >= 0.3 is 0 Å². The number of amides is 1. The van der Waals surface area contributed by atoms with E-state index in [1.807, 2.05) is 4.40 Å². The quantitative estimate of drug-likeness (QED) is 0.822. The highest BCUT2D eigenvalue weighted by atomic mass is 16.3. The van der Waals surface area contributed by atoms with Gasteiger partial charge in [-0.1, -0.05) is 0 Å². The summed E-state index contributed by atoms with van der Waals surface area (Å²) < 4.78 is 1.84. The first-order valence-corrected chi connectivity index (χ1v) is 5.55. The fraction of sp³-hybridized carbons (Fsp3) is 0.333. The van der Waals surface area contributed by atoms with Crippen molar-refractivity contribution < 1.29 is 9.90 Å². The van der Waals surface area contributed by atoms with Gasteiger partial charge in [0, 0.05) is 18.3 Å². The van der Waals surface area contributed by atoms with Gasteiger partial charge in [-0.25, -0.2) is 4.98 Å². The molecule has 2 aromatic rings. The largest absolute Gasteiger partial charge is 0.393 e. The van der Waals surface area contributed by atoms with Gasteiger partial charge in [-0.3, -0.25) is 4.79 Å². The molecule has 0 bridgehead atoms. The predicted molar refractivity (Wildman–Crippen MR) is 63.8 cm³/mol. The van der Waals surface area contributed by atoms with Gasteiger partial charge in [0.2, 0.25) is 0 Å². The summed E-state index contributed by atoms with van der Waals surface area (Å²) in [6, 6.07) is 3.52. The highest BCUT2D eigenvalue weighted by molar-refractivity contribution is 5.95. The summed E-state index contributed by atoms with van der Waals surface area (Å²) in [5, 5.41) is 11.8. The third-order valence-electron chi connectivity index (χ3n) is 2.52. The first-order chi connectivity index (χ1) is 8.16. The molecule has 0 aromatic carbocycles. The molecule has 0 radical (unpaired) electrons. The van der Waals surface area contributed by atoms with Crippen LogP contribution in [0.2, 0.25) is 0 Å². The number of aliphatic hydroxyl groups is 1. The molecular formula is C12H15N3O2. The number of hydrogen-bond acceptors (Lipinski definition) is 3. The Hall–Kier alpha value is -1.88. The van der Waals surface area contributed by atoms with Crippen LogP contribution < -0.4 is 5.32 Å². The Bertz CT molecular complexity index is 519. The molecule has 0 aliphatic rings. The summed E-state index contributed by atoms with van der Waals surface area (Å²) in [7, 11) is 0. The van der Waals surface area contributed by atoms with E-state index >= 15 is 0 Å². The average Bonchev–Trinajstić information content (AvgIpc) is 2.75. The van der Waals surface area contributed by atoms with Gasteiger partial charge in [0.05, 0.1) is 24.1 Å². The minimum Gasteiger partial charge on any atom is -0.393 e. The van der Waals surface area contributed by atoms with E-state index in [0.29, 0.717) is 18.5 Å². The molecule has 0 aliphatic heterocycles. The molecule has 0 aliphatic carbocycles. The highest BCUT2D eigenvalue weighted by Gasteiger charge is 2.06. The Morgan fingerprint density at radius 1 is 1.65 bits per heavy atom. The second-order valence-electron chi connectivity index (χ2n) is 4.03. The molecule has 2 rings (SSSR count). The molecule has 0 saturated carbocycles. The lowest BCUT2D eigenvalue weighted by Crippen LogP contribution is -2.26. The fourth-order valence-electron chi connectivity index (χ4n) is 1.56. The van der Waals surface area contributed by atoms with Gasteiger partial charge < -0.3 is 14.8 Å². The SMILES string of the molecule is CC(O)CCNC(=O)c1ccn2cncc2c1. The van der Waals surface area contributed by atoms with Crippen LogP contribution in [-0.2, 0) is 0 Å². The summed E-state index contributed by atoms with van der Waals surface area (Å²) in [6.45, 7) is 2.17. The van der Waals surface area contributed by atoms with Crippen LogP contribution in [0.1, 0.15) is 23.7 Å². The van der Waals surface area contributed by atoms with Crippen LogP contribution in [0.4, 0.5) is 0 Å². The summed E-state index contributed by atoms with van der Waals surface area (Å²) >= 11 is 0. The van der Waals surface area contributed by atoms with Gasteiger partial charge in [-0.15, -0.1) is 0 Å². The van der Waals surface area contributed by atoms with E-state index in [4.69, 9.17) is 5.11 Å². The number of aromatic nitrogens is 2. The number of hydrogen-bond donors (Lipinski definition) is 2. The lowest BCUT2D eigenvalue weighted by molar-refractivity contribution is 0.0945. The first kappa shape index (κ1) is 11.6. The van der Waals surface area contributed by atoms with E-state index in [-0.39, 0.29) is 5.91 Å². The van der Waals surface area contributed by atoms with Gasteiger partial charge in [-0.05, 0) is 25.5 Å². The molecule has 2 heterocycles. The topological polar surface area (TPSA) is 66.6 Å². The average molecular weight is 233 g/mol. The van der Waals surface area contributed by atoms with Crippen molar-refractivity contribution in [1.82, 2.24) is 14.7 Å². The molecule has 0 fully saturated rings. The Kier molecular flexibility index (Phi) is 3.39. The molecule has 17 heavy (non-hydrogen) atoms. The molecule has 0 spiro atoms. The maximum absolute atomic E-state index is 11.8. The zero-order chi connectivity index (χ0) is 12.3. The van der Waals surface area contributed by atoms with Crippen molar-refractivity contribution in [3.05, 3.63) is 36.4 Å². The van der Waals surface area contributed by atoms with Gasteiger partial charge in [-0.2, -0.15) is 0 Å². The van der Waals surface area contributed by atoms with Crippen molar-refractivity contribution in [3.8, 4) is 0 Å². The third kappa shape index (κ3) is 2.82. The molecule has 2 aromatic heterocycles. The zero-order valence-electron chi connectivity index (χ0n) is 9.63. The van der Waals surface area contributed by atoms with Crippen LogP contribution in [0.5, 0.6) is 0 Å². The van der Waals surface area contributed by atoms with Crippen molar-refractivity contribution in [1.29, 1.82) is 0 Å². The lowest BCUT2D eigenvalue weighted by Gasteiger charge is -2.07. The second-order valence-corrected chi connectivity index (χ2v) is 4.03. The van der Waals surface area contributed by atoms with Crippen LogP contribution in [-0.4, -0.2) is 33.0 Å². The maximum atomic E-state index is 11.8. The summed E-state index contributed by atoms with van der Waals surface area (Å²) in [5.41, 5.74) is 1.48. The summed E-state index contributed by atoms with van der Waals surface area (Å²) in [6.07, 6.45) is 5.34. The highest BCUT2D eigenvalue weighted by Crippen LogP contribution is 2.06. The Morgan fingerprint density at radius 2 is 2.47 bits per heavy atom. The predicted octanol–water partition coefficient (Wildman–Crippen LogP) is 0.835. The number of imidazole rings is 1. The monoisotopic (exact) mass is 233 g/mol. The number of pyridine rings is 1. The van der Waals surface area contributed by atoms with E-state index < -0.39 is 6.10 Å². The van der Waals surface area contributed by atoms with Crippen LogP contribution >= 0.6 is 0 Å². The lowest BCUT2D eigenvalue weighted by atomic mass is 10.2. The molecule has 2 N–H and O–H groups in total. The molecule has 90 valence electrons. The number of carbonyl (C=O) groups is 1. The van der Waals surface area contributed by atoms with E-state index in [2.05, 4.69) is 10.3 Å². The summed E-state index contributed by atoms with van der Waals surface area (Å²) in [4.78, 5) is 15.8. The second kappa shape index (κ2) is 4.97. The molecule has 1 amide bonds. The number of rotatable bonds is 4. The van der Waals surface area contributed by atoms with Crippen LogP contribution in [0.3, 0.4) is 0 Å². The van der Waals surface area contributed by atoms with Gasteiger partial charge in [0.1, 0.15) is 0 Å². The Labute approximate surface area is 99.1 Å². The Balaban J connectivity index is 2.03. The molecule has 5 nitrogen and oxygen atoms in total. The number of nitrogens with one attached hydrogen (secondary N) is 1. The third-order valence-corrected chi connectivity index (χ3v) is 2.52. The molecular weight excluding hydrogens is 218 g/mol. The molecule has 1 unspecified atom stereocenters. The van der Waals surface area contributed by atoms with Crippen LogP contribution in [0.15, 0.2) is 30.9 Å². The Morgan fingerprint density at radius 3 is 3.24 bits per heavy atom.